The summed E-state index contributed by atoms with van der Waals surface area (Å²) in [4.78, 5) is 16.8. The SMILES string of the molecule is CC(C)(C)c1cc(N2c3ccccc3S(=O)c3cc[nH]c32)cc(C(c2ccccc2)(c2ccccc2)c2cc(C(C)(C)C)cc(N3c4ccccc4S(=O)c4ccccc43)n2)c1. The van der Waals surface area contributed by atoms with E-state index in [4.69, 9.17) is 4.98 Å². The summed E-state index contributed by atoms with van der Waals surface area (Å²) in [6.07, 6.45) is 1.88. The normalized spacial score (nSPS) is 15.1. The molecule has 0 saturated heterocycles. The molecule has 8 heteroatoms. The van der Waals surface area contributed by atoms with Gasteiger partial charge in [-0.1, -0.05) is 145 Å². The Kier molecular flexibility index (Phi) is 9.57. The van der Waals surface area contributed by atoms with Crippen LogP contribution in [0.3, 0.4) is 0 Å². The highest BCUT2D eigenvalue weighted by atomic mass is 32.2. The molecule has 0 amide bonds. The first-order valence-corrected chi connectivity index (χ1v) is 23.3. The van der Waals surface area contributed by atoms with E-state index >= 15 is 0 Å². The van der Waals surface area contributed by atoms with Gasteiger partial charge in [-0.2, -0.15) is 0 Å². The molecule has 6 nitrogen and oxygen atoms in total. The molecule has 6 aromatic carbocycles. The van der Waals surface area contributed by atoms with E-state index in [-0.39, 0.29) is 10.8 Å². The molecule has 2 aliphatic heterocycles. The highest BCUT2D eigenvalue weighted by molar-refractivity contribution is 7.85. The Balaban J connectivity index is 1.34. The number of aromatic nitrogens is 2. The average molecular weight is 849 g/mol. The number of H-pyrrole nitrogens is 1. The fraction of sp³-hybridized carbons (Fsp3) is 0.167. The summed E-state index contributed by atoms with van der Waals surface area (Å²) in [6.45, 7) is 13.5. The number of aromatic amines is 1. The monoisotopic (exact) mass is 848 g/mol. The van der Waals surface area contributed by atoms with Crippen molar-refractivity contribution in [1.29, 1.82) is 0 Å². The largest absolute Gasteiger partial charge is 0.347 e. The van der Waals surface area contributed by atoms with Gasteiger partial charge in [-0.05, 0) is 105 Å². The number of benzene rings is 6. The van der Waals surface area contributed by atoms with Crippen LogP contribution in [-0.2, 0) is 37.8 Å². The Morgan fingerprint density at radius 3 is 1.44 bits per heavy atom. The van der Waals surface area contributed by atoms with Gasteiger partial charge in [0, 0.05) is 11.9 Å². The third-order valence-electron chi connectivity index (χ3n) is 12.2. The molecule has 4 heterocycles. The molecule has 1 atom stereocenters. The predicted octanol–water partition coefficient (Wildman–Crippen LogP) is 13.3. The Morgan fingerprint density at radius 1 is 0.452 bits per heavy atom. The summed E-state index contributed by atoms with van der Waals surface area (Å²) in [5, 5.41) is 0. The van der Waals surface area contributed by atoms with E-state index in [1.165, 1.54) is 0 Å². The zero-order chi connectivity index (χ0) is 43.0. The minimum atomic E-state index is -1.36. The van der Waals surface area contributed by atoms with Crippen LogP contribution in [0.25, 0.3) is 0 Å². The van der Waals surface area contributed by atoms with Gasteiger partial charge in [0.15, 0.2) is 0 Å². The van der Waals surface area contributed by atoms with E-state index in [0.717, 1.165) is 87.5 Å². The van der Waals surface area contributed by atoms with E-state index < -0.39 is 27.0 Å². The highest BCUT2D eigenvalue weighted by Crippen LogP contribution is 2.53. The summed E-state index contributed by atoms with van der Waals surface area (Å²) in [6, 6.07) is 58.8. The third-order valence-corrected chi connectivity index (χ3v) is 15.2. The number of para-hydroxylation sites is 3. The highest BCUT2D eigenvalue weighted by Gasteiger charge is 2.43. The molecule has 10 rings (SSSR count). The standard InChI is InChI=1S/C54H48N4O2S2/c1-52(2,3)38-31-40(33-41(32-38)57-42-23-13-16-26-45(42)62(60)48-29-30-55-51(48)57)54(36-19-9-7-10-20-36,37-21-11-8-12-22-37)49-34-39(53(4,5)6)35-50(56-49)58-43-24-14-17-27-46(43)61(59)47-28-18-15-25-44(47)58/h7-35,55H,1-6H3. The lowest BCUT2D eigenvalue weighted by Gasteiger charge is -2.40. The van der Waals surface area contributed by atoms with Crippen molar-refractivity contribution >= 4 is 56.0 Å². The molecule has 308 valence electrons. The number of hydrogen-bond acceptors (Lipinski definition) is 5. The van der Waals surface area contributed by atoms with Crippen molar-refractivity contribution < 1.29 is 8.42 Å². The maximum atomic E-state index is 14.2. The second kappa shape index (κ2) is 14.9. The van der Waals surface area contributed by atoms with E-state index in [2.05, 4.69) is 153 Å². The Hall–Kier alpha value is -6.35. The van der Waals surface area contributed by atoms with Crippen LogP contribution >= 0.6 is 0 Å². The van der Waals surface area contributed by atoms with E-state index in [0.29, 0.717) is 0 Å². The fourth-order valence-electron chi connectivity index (χ4n) is 9.03. The molecule has 8 aromatic rings. The van der Waals surface area contributed by atoms with Gasteiger partial charge in [0.05, 0.1) is 69.4 Å². The van der Waals surface area contributed by atoms with Gasteiger partial charge in [-0.25, -0.2) is 13.4 Å². The third kappa shape index (κ3) is 6.38. The lowest BCUT2D eigenvalue weighted by atomic mass is 9.65. The van der Waals surface area contributed by atoms with Gasteiger partial charge in [-0.15, -0.1) is 0 Å². The first kappa shape index (κ1) is 39.8. The maximum absolute atomic E-state index is 14.2. The van der Waals surface area contributed by atoms with E-state index in [1.54, 1.807) is 0 Å². The van der Waals surface area contributed by atoms with Crippen molar-refractivity contribution in [2.24, 2.45) is 0 Å². The van der Waals surface area contributed by atoms with Crippen LogP contribution < -0.4 is 9.80 Å². The molecule has 0 fully saturated rings. The number of hydrogen-bond donors (Lipinski definition) is 1. The summed E-state index contributed by atoms with van der Waals surface area (Å²) < 4.78 is 28.2. The quantitative estimate of drug-likeness (QED) is 0.169. The van der Waals surface area contributed by atoms with Gasteiger partial charge in [0.1, 0.15) is 11.6 Å². The van der Waals surface area contributed by atoms with Crippen molar-refractivity contribution in [2.45, 2.75) is 77.4 Å². The van der Waals surface area contributed by atoms with Crippen molar-refractivity contribution in [3.05, 3.63) is 210 Å². The molecule has 0 spiro atoms. The van der Waals surface area contributed by atoms with Crippen molar-refractivity contribution in [3.8, 4) is 0 Å². The lowest BCUT2D eigenvalue weighted by Crippen LogP contribution is -2.34. The second-order valence-electron chi connectivity index (χ2n) is 18.2. The summed E-state index contributed by atoms with van der Waals surface area (Å²) in [5.74, 6) is 1.54. The summed E-state index contributed by atoms with van der Waals surface area (Å²) in [7, 11) is -2.71. The summed E-state index contributed by atoms with van der Waals surface area (Å²) in [5.41, 5.74) is 8.31. The zero-order valence-corrected chi connectivity index (χ0v) is 37.4. The molecule has 0 aliphatic carbocycles. The van der Waals surface area contributed by atoms with Crippen molar-refractivity contribution in [1.82, 2.24) is 9.97 Å². The van der Waals surface area contributed by atoms with Gasteiger partial charge in [0.2, 0.25) is 0 Å². The van der Waals surface area contributed by atoms with Crippen molar-refractivity contribution in [3.63, 3.8) is 0 Å². The van der Waals surface area contributed by atoms with Crippen LogP contribution in [0.1, 0.15) is 75.1 Å². The molecule has 1 N–H and O–H groups in total. The predicted molar refractivity (Wildman–Crippen MR) is 253 cm³/mol. The van der Waals surface area contributed by atoms with Crippen LogP contribution in [-0.4, -0.2) is 18.4 Å². The molecule has 0 bridgehead atoms. The average Bonchev–Trinajstić information content (AvgIpc) is 3.77. The molecule has 1 unspecified atom stereocenters. The van der Waals surface area contributed by atoms with Crippen LogP contribution in [0, 0.1) is 0 Å². The number of fused-ring (bicyclic) bond motifs is 4. The Labute approximate surface area is 369 Å². The minimum absolute atomic E-state index is 0.261. The fourth-order valence-corrected chi connectivity index (χ4v) is 11.7. The van der Waals surface area contributed by atoms with Crippen LogP contribution in [0.5, 0.6) is 0 Å². The molecular formula is C54H48N4O2S2. The second-order valence-corrected chi connectivity index (χ2v) is 21.0. The van der Waals surface area contributed by atoms with Crippen LogP contribution in [0.4, 0.5) is 34.4 Å². The molecule has 0 radical (unpaired) electrons. The zero-order valence-electron chi connectivity index (χ0n) is 35.7. The lowest BCUT2D eigenvalue weighted by molar-refractivity contribution is 0.581. The van der Waals surface area contributed by atoms with E-state index in [1.807, 2.05) is 79.0 Å². The summed E-state index contributed by atoms with van der Waals surface area (Å²) >= 11 is 0. The number of rotatable bonds is 6. The molecule has 0 saturated carbocycles. The first-order valence-electron chi connectivity index (χ1n) is 21.0. The Bertz CT molecular complexity index is 2960. The van der Waals surface area contributed by atoms with Gasteiger partial charge >= 0.3 is 0 Å². The van der Waals surface area contributed by atoms with Gasteiger partial charge in [0.25, 0.3) is 0 Å². The molecular weight excluding hydrogens is 801 g/mol. The molecule has 2 aromatic heterocycles. The van der Waals surface area contributed by atoms with Gasteiger partial charge < -0.3 is 4.98 Å². The number of nitrogens with one attached hydrogen (secondary N) is 1. The first-order chi connectivity index (χ1) is 29.9. The topological polar surface area (TPSA) is 69.3 Å². The van der Waals surface area contributed by atoms with Crippen LogP contribution in [0.15, 0.2) is 196 Å². The molecule has 2 aliphatic rings. The Morgan fingerprint density at radius 2 is 0.903 bits per heavy atom. The number of anilines is 6. The number of pyridine rings is 1. The maximum Gasteiger partial charge on any atom is 0.138 e. The van der Waals surface area contributed by atoms with Crippen molar-refractivity contribution in [2.75, 3.05) is 9.80 Å². The van der Waals surface area contributed by atoms with E-state index in [9.17, 15) is 8.42 Å². The molecule has 62 heavy (non-hydrogen) atoms. The van der Waals surface area contributed by atoms with Gasteiger partial charge in [-0.3, -0.25) is 9.80 Å². The smallest absolute Gasteiger partial charge is 0.138 e. The number of nitrogens with zero attached hydrogens (tertiary/aromatic N) is 3. The van der Waals surface area contributed by atoms with Crippen LogP contribution in [0.2, 0.25) is 0 Å². The minimum Gasteiger partial charge on any atom is -0.347 e.